The van der Waals surface area contributed by atoms with Crippen molar-refractivity contribution in [2.75, 3.05) is 19.7 Å². The Bertz CT molecular complexity index is 375. The molecule has 2 rings (SSSR count). The SMILES string of the molecule is FC(F)(F)Oc1cccc(C2CNCCO2)c1. The molecule has 1 saturated heterocycles. The molecule has 1 N–H and O–H groups in total. The molecular weight excluding hydrogens is 235 g/mol. The lowest BCUT2D eigenvalue weighted by Gasteiger charge is -2.24. The van der Waals surface area contributed by atoms with Gasteiger partial charge in [0, 0.05) is 13.1 Å². The minimum atomic E-state index is -4.66. The monoisotopic (exact) mass is 247 g/mol. The molecule has 6 heteroatoms. The summed E-state index contributed by atoms with van der Waals surface area (Å²) in [6.07, 6.45) is -4.88. The second-order valence-electron chi connectivity index (χ2n) is 3.68. The number of benzene rings is 1. The summed E-state index contributed by atoms with van der Waals surface area (Å²) in [4.78, 5) is 0. The van der Waals surface area contributed by atoms with E-state index in [0.29, 0.717) is 18.7 Å². The normalized spacial score (nSPS) is 21.2. The Balaban J connectivity index is 2.10. The van der Waals surface area contributed by atoms with Crippen LogP contribution < -0.4 is 10.1 Å². The lowest BCUT2D eigenvalue weighted by molar-refractivity contribution is -0.274. The molecule has 0 amide bonds. The maximum atomic E-state index is 12.0. The Morgan fingerprint density at radius 3 is 2.82 bits per heavy atom. The average molecular weight is 247 g/mol. The fraction of sp³-hybridized carbons (Fsp3) is 0.455. The molecule has 0 bridgehead atoms. The van der Waals surface area contributed by atoms with Crippen molar-refractivity contribution in [1.82, 2.24) is 5.32 Å². The molecule has 1 unspecified atom stereocenters. The van der Waals surface area contributed by atoms with Crippen LogP contribution in [-0.2, 0) is 4.74 Å². The van der Waals surface area contributed by atoms with Crippen molar-refractivity contribution in [3.63, 3.8) is 0 Å². The third kappa shape index (κ3) is 3.61. The molecule has 3 nitrogen and oxygen atoms in total. The molecule has 0 spiro atoms. The second kappa shape index (κ2) is 4.93. The predicted molar refractivity (Wildman–Crippen MR) is 54.7 cm³/mol. The summed E-state index contributed by atoms with van der Waals surface area (Å²) < 4.78 is 45.5. The lowest BCUT2D eigenvalue weighted by atomic mass is 10.1. The van der Waals surface area contributed by atoms with E-state index < -0.39 is 6.36 Å². The van der Waals surface area contributed by atoms with Gasteiger partial charge in [0.2, 0.25) is 0 Å². The summed E-state index contributed by atoms with van der Waals surface area (Å²) >= 11 is 0. The topological polar surface area (TPSA) is 30.5 Å². The van der Waals surface area contributed by atoms with Crippen molar-refractivity contribution in [2.45, 2.75) is 12.5 Å². The van der Waals surface area contributed by atoms with Crippen LogP contribution in [0, 0.1) is 0 Å². The highest BCUT2D eigenvalue weighted by Gasteiger charge is 2.31. The molecule has 1 aliphatic heterocycles. The van der Waals surface area contributed by atoms with Crippen LogP contribution in [0.1, 0.15) is 11.7 Å². The van der Waals surface area contributed by atoms with Crippen LogP contribution in [0.4, 0.5) is 13.2 Å². The highest BCUT2D eigenvalue weighted by atomic mass is 19.4. The summed E-state index contributed by atoms with van der Waals surface area (Å²) in [7, 11) is 0. The van der Waals surface area contributed by atoms with Crippen LogP contribution in [0.25, 0.3) is 0 Å². The van der Waals surface area contributed by atoms with Gasteiger partial charge >= 0.3 is 6.36 Å². The van der Waals surface area contributed by atoms with Gasteiger partial charge in [0.05, 0.1) is 12.7 Å². The van der Waals surface area contributed by atoms with E-state index in [1.165, 1.54) is 18.2 Å². The zero-order valence-corrected chi connectivity index (χ0v) is 8.96. The third-order valence-corrected chi connectivity index (χ3v) is 2.39. The number of nitrogens with one attached hydrogen (secondary N) is 1. The van der Waals surface area contributed by atoms with E-state index in [2.05, 4.69) is 10.1 Å². The number of halogens is 3. The first kappa shape index (κ1) is 12.2. The maximum Gasteiger partial charge on any atom is 0.573 e. The average Bonchev–Trinajstić information content (AvgIpc) is 2.28. The number of ether oxygens (including phenoxy) is 2. The van der Waals surface area contributed by atoms with Gasteiger partial charge < -0.3 is 14.8 Å². The fourth-order valence-electron chi connectivity index (χ4n) is 1.69. The zero-order valence-electron chi connectivity index (χ0n) is 8.96. The number of hydrogen-bond acceptors (Lipinski definition) is 3. The number of hydrogen-bond donors (Lipinski definition) is 1. The summed E-state index contributed by atoms with van der Waals surface area (Å²) in [5.74, 6) is -0.218. The molecule has 1 aliphatic rings. The maximum absolute atomic E-state index is 12.0. The highest BCUT2D eigenvalue weighted by Crippen LogP contribution is 2.27. The van der Waals surface area contributed by atoms with Crippen LogP contribution >= 0.6 is 0 Å². The Labute approximate surface area is 96.5 Å². The van der Waals surface area contributed by atoms with Crippen molar-refractivity contribution in [3.8, 4) is 5.75 Å². The van der Waals surface area contributed by atoms with Crippen molar-refractivity contribution in [1.29, 1.82) is 0 Å². The standard InChI is InChI=1S/C11H12F3NO2/c12-11(13,14)17-9-3-1-2-8(6-9)10-7-15-4-5-16-10/h1-3,6,10,15H,4-5,7H2. The smallest absolute Gasteiger partial charge is 0.406 e. The van der Waals surface area contributed by atoms with Gasteiger partial charge in [-0.1, -0.05) is 12.1 Å². The molecule has 17 heavy (non-hydrogen) atoms. The summed E-state index contributed by atoms with van der Waals surface area (Å²) in [6.45, 7) is 1.90. The molecule has 0 aliphatic carbocycles. The van der Waals surface area contributed by atoms with Gasteiger partial charge in [-0.25, -0.2) is 0 Å². The van der Waals surface area contributed by atoms with Crippen LogP contribution in [-0.4, -0.2) is 26.1 Å². The molecule has 94 valence electrons. The first-order valence-electron chi connectivity index (χ1n) is 5.22. The van der Waals surface area contributed by atoms with Gasteiger partial charge in [0.15, 0.2) is 0 Å². The fourth-order valence-corrected chi connectivity index (χ4v) is 1.69. The Morgan fingerprint density at radius 2 is 2.18 bits per heavy atom. The van der Waals surface area contributed by atoms with Crippen molar-refractivity contribution in [2.24, 2.45) is 0 Å². The van der Waals surface area contributed by atoms with Crippen molar-refractivity contribution in [3.05, 3.63) is 29.8 Å². The molecule has 1 fully saturated rings. The first-order chi connectivity index (χ1) is 8.04. The zero-order chi connectivity index (χ0) is 12.3. The van der Waals surface area contributed by atoms with Crippen LogP contribution in [0.2, 0.25) is 0 Å². The minimum Gasteiger partial charge on any atom is -0.406 e. The molecule has 1 heterocycles. The highest BCUT2D eigenvalue weighted by molar-refractivity contribution is 5.30. The van der Waals surface area contributed by atoms with E-state index >= 15 is 0 Å². The van der Waals surface area contributed by atoms with Crippen LogP contribution in [0.15, 0.2) is 24.3 Å². The Morgan fingerprint density at radius 1 is 1.35 bits per heavy atom. The van der Waals surface area contributed by atoms with Crippen molar-refractivity contribution < 1.29 is 22.6 Å². The Kier molecular flexibility index (Phi) is 3.54. The number of morpholine rings is 1. The largest absolute Gasteiger partial charge is 0.573 e. The second-order valence-corrected chi connectivity index (χ2v) is 3.68. The molecule has 0 radical (unpaired) electrons. The van der Waals surface area contributed by atoms with Gasteiger partial charge in [-0.3, -0.25) is 0 Å². The summed E-state index contributed by atoms with van der Waals surface area (Å²) in [5, 5.41) is 3.11. The lowest BCUT2D eigenvalue weighted by Crippen LogP contribution is -2.33. The third-order valence-electron chi connectivity index (χ3n) is 2.39. The quantitative estimate of drug-likeness (QED) is 0.869. The van der Waals surface area contributed by atoms with Gasteiger partial charge in [-0.05, 0) is 17.7 Å². The van der Waals surface area contributed by atoms with Gasteiger partial charge in [-0.15, -0.1) is 13.2 Å². The Hall–Kier alpha value is -1.27. The number of alkyl halides is 3. The van der Waals surface area contributed by atoms with Gasteiger partial charge in [0.25, 0.3) is 0 Å². The molecular formula is C11H12F3NO2. The van der Waals surface area contributed by atoms with E-state index in [-0.39, 0.29) is 11.9 Å². The summed E-state index contributed by atoms with van der Waals surface area (Å²) in [5.41, 5.74) is 0.680. The molecule has 1 atom stereocenters. The van der Waals surface area contributed by atoms with E-state index in [1.54, 1.807) is 6.07 Å². The van der Waals surface area contributed by atoms with Crippen molar-refractivity contribution >= 4 is 0 Å². The molecule has 0 aromatic heterocycles. The minimum absolute atomic E-state index is 0.218. The summed E-state index contributed by atoms with van der Waals surface area (Å²) in [6, 6.07) is 5.87. The van der Waals surface area contributed by atoms with Gasteiger partial charge in [0.1, 0.15) is 5.75 Å². The molecule has 0 saturated carbocycles. The van der Waals surface area contributed by atoms with E-state index in [1.807, 2.05) is 0 Å². The van der Waals surface area contributed by atoms with Crippen LogP contribution in [0.5, 0.6) is 5.75 Å². The molecule has 1 aromatic carbocycles. The molecule has 1 aromatic rings. The van der Waals surface area contributed by atoms with Gasteiger partial charge in [-0.2, -0.15) is 0 Å². The first-order valence-corrected chi connectivity index (χ1v) is 5.22. The van der Waals surface area contributed by atoms with E-state index in [4.69, 9.17) is 4.74 Å². The predicted octanol–water partition coefficient (Wildman–Crippen LogP) is 2.25. The number of rotatable bonds is 2. The van der Waals surface area contributed by atoms with E-state index in [0.717, 1.165) is 6.54 Å². The van der Waals surface area contributed by atoms with Crippen LogP contribution in [0.3, 0.4) is 0 Å². The van der Waals surface area contributed by atoms with E-state index in [9.17, 15) is 13.2 Å².